The molecule has 25 heavy (non-hydrogen) atoms. The number of carbonyl (C=O) groups is 2. The molecule has 2 rings (SSSR count). The molecule has 0 heterocycles. The van der Waals surface area contributed by atoms with Gasteiger partial charge in [-0.1, -0.05) is 56.8 Å². The molecule has 2 aromatic carbocycles. The summed E-state index contributed by atoms with van der Waals surface area (Å²) in [5.74, 6) is -0.684. The van der Waals surface area contributed by atoms with Crippen LogP contribution in [-0.4, -0.2) is 18.4 Å². The summed E-state index contributed by atoms with van der Waals surface area (Å²) in [5.41, 5.74) is 0.362. The maximum atomic E-state index is 12.4. The Labute approximate surface area is 151 Å². The molecule has 5 heteroatoms. The van der Waals surface area contributed by atoms with E-state index in [1.165, 1.54) is 11.8 Å². The third-order valence-electron chi connectivity index (χ3n) is 3.51. The molecule has 128 valence electrons. The zero-order valence-electron chi connectivity index (χ0n) is 14.4. The number of nitriles is 1. The van der Waals surface area contributed by atoms with Crippen LogP contribution >= 0.6 is 11.8 Å². The quantitative estimate of drug-likeness (QED) is 0.741. The van der Waals surface area contributed by atoms with E-state index in [1.54, 1.807) is 51.1 Å². The molecular weight excluding hydrogens is 334 g/mol. The normalized spacial score (nSPS) is 10.8. The van der Waals surface area contributed by atoms with Crippen LogP contribution in [0.2, 0.25) is 0 Å². The Hall–Kier alpha value is -2.58. The van der Waals surface area contributed by atoms with Crippen molar-refractivity contribution in [2.45, 2.75) is 30.6 Å². The lowest BCUT2D eigenvalue weighted by atomic mass is 9.91. The molecule has 0 aromatic heterocycles. The van der Waals surface area contributed by atoms with Gasteiger partial charge in [-0.05, 0) is 24.3 Å². The molecule has 4 nitrogen and oxygen atoms in total. The van der Waals surface area contributed by atoms with Gasteiger partial charge in [-0.2, -0.15) is 5.26 Å². The lowest BCUT2D eigenvalue weighted by Gasteiger charge is -2.16. The molecule has 0 atom stereocenters. The van der Waals surface area contributed by atoms with E-state index in [2.05, 4.69) is 6.07 Å². The highest BCUT2D eigenvalue weighted by molar-refractivity contribution is 7.99. The van der Waals surface area contributed by atoms with Crippen LogP contribution in [0.25, 0.3) is 0 Å². The van der Waals surface area contributed by atoms with Gasteiger partial charge in [-0.3, -0.25) is 4.79 Å². The molecule has 0 saturated carbocycles. The Morgan fingerprint density at radius 1 is 1.04 bits per heavy atom. The lowest BCUT2D eigenvalue weighted by molar-refractivity contribution is -0.129. The number of ketones is 1. The SMILES string of the molecule is CC(C)(C)C(=O)COC(=O)c1ccccc1Sc1ccccc1C#N. The Morgan fingerprint density at radius 2 is 1.64 bits per heavy atom. The Bertz CT molecular complexity index is 831. The van der Waals surface area contributed by atoms with Gasteiger partial charge in [0.2, 0.25) is 0 Å². The maximum absolute atomic E-state index is 12.4. The Morgan fingerprint density at radius 3 is 2.28 bits per heavy atom. The molecule has 0 radical (unpaired) electrons. The number of esters is 1. The first-order valence-electron chi connectivity index (χ1n) is 7.79. The van der Waals surface area contributed by atoms with Gasteiger partial charge in [0.15, 0.2) is 12.4 Å². The van der Waals surface area contributed by atoms with E-state index in [-0.39, 0.29) is 12.4 Å². The van der Waals surface area contributed by atoms with Gasteiger partial charge in [0, 0.05) is 15.2 Å². The van der Waals surface area contributed by atoms with E-state index < -0.39 is 11.4 Å². The highest BCUT2D eigenvalue weighted by Gasteiger charge is 2.23. The third-order valence-corrected chi connectivity index (χ3v) is 4.66. The van der Waals surface area contributed by atoms with Gasteiger partial charge in [-0.15, -0.1) is 0 Å². The molecule has 0 spiro atoms. The van der Waals surface area contributed by atoms with Crippen LogP contribution in [-0.2, 0) is 9.53 Å². The summed E-state index contributed by atoms with van der Waals surface area (Å²) in [7, 11) is 0. The number of hydrogen-bond acceptors (Lipinski definition) is 5. The van der Waals surface area contributed by atoms with Crippen LogP contribution in [0.4, 0.5) is 0 Å². The van der Waals surface area contributed by atoms with Crippen molar-refractivity contribution in [2.75, 3.05) is 6.61 Å². The highest BCUT2D eigenvalue weighted by Crippen LogP contribution is 2.32. The predicted molar refractivity (Wildman–Crippen MR) is 96.5 cm³/mol. The Kier molecular flexibility index (Phi) is 6.00. The van der Waals surface area contributed by atoms with Crippen LogP contribution in [0.3, 0.4) is 0 Å². The van der Waals surface area contributed by atoms with Crippen molar-refractivity contribution in [3.8, 4) is 6.07 Å². The van der Waals surface area contributed by atoms with E-state index in [0.29, 0.717) is 16.0 Å². The zero-order valence-corrected chi connectivity index (χ0v) is 15.2. The van der Waals surface area contributed by atoms with E-state index in [9.17, 15) is 14.9 Å². The highest BCUT2D eigenvalue weighted by atomic mass is 32.2. The predicted octanol–water partition coefficient (Wildman–Crippen LogP) is 4.48. The van der Waals surface area contributed by atoms with Crippen molar-refractivity contribution in [3.63, 3.8) is 0 Å². The smallest absolute Gasteiger partial charge is 0.339 e. The lowest BCUT2D eigenvalue weighted by Crippen LogP contribution is -2.26. The molecular formula is C20H19NO3S. The van der Waals surface area contributed by atoms with Gasteiger partial charge in [-0.25, -0.2) is 4.79 Å². The van der Waals surface area contributed by atoms with Crippen molar-refractivity contribution >= 4 is 23.5 Å². The summed E-state index contributed by atoms with van der Waals surface area (Å²) in [4.78, 5) is 25.8. The van der Waals surface area contributed by atoms with E-state index >= 15 is 0 Å². The van der Waals surface area contributed by atoms with Crippen molar-refractivity contribution in [1.82, 2.24) is 0 Å². The van der Waals surface area contributed by atoms with E-state index in [4.69, 9.17) is 4.74 Å². The first-order valence-corrected chi connectivity index (χ1v) is 8.61. The molecule has 0 aliphatic carbocycles. The molecule has 2 aromatic rings. The molecule has 0 amide bonds. The first-order chi connectivity index (χ1) is 11.8. The average molecular weight is 353 g/mol. The third kappa shape index (κ3) is 4.94. The summed E-state index contributed by atoms with van der Waals surface area (Å²) in [5, 5.41) is 9.20. The number of carbonyl (C=O) groups excluding carboxylic acids is 2. The van der Waals surface area contributed by atoms with Crippen LogP contribution in [0, 0.1) is 16.7 Å². The van der Waals surface area contributed by atoms with Crippen molar-refractivity contribution < 1.29 is 14.3 Å². The summed E-state index contributed by atoms with van der Waals surface area (Å²) in [6, 6.07) is 16.3. The number of benzene rings is 2. The van der Waals surface area contributed by atoms with Gasteiger partial charge >= 0.3 is 5.97 Å². The number of Topliss-reactive ketones (excluding diaryl/α,β-unsaturated/α-hetero) is 1. The van der Waals surface area contributed by atoms with Crippen molar-refractivity contribution in [2.24, 2.45) is 5.41 Å². The summed E-state index contributed by atoms with van der Waals surface area (Å²) >= 11 is 1.33. The van der Waals surface area contributed by atoms with Gasteiger partial charge in [0.1, 0.15) is 6.07 Å². The fourth-order valence-corrected chi connectivity index (χ4v) is 2.93. The second-order valence-corrected chi connectivity index (χ2v) is 7.54. The fourth-order valence-electron chi connectivity index (χ4n) is 1.92. The van der Waals surface area contributed by atoms with Gasteiger partial charge in [0.25, 0.3) is 0 Å². The van der Waals surface area contributed by atoms with Crippen LogP contribution in [0.15, 0.2) is 58.3 Å². The minimum absolute atomic E-state index is 0.138. The minimum Gasteiger partial charge on any atom is -0.454 e. The summed E-state index contributed by atoms with van der Waals surface area (Å²) in [6.45, 7) is 5.10. The number of ether oxygens (including phenoxy) is 1. The largest absolute Gasteiger partial charge is 0.454 e. The summed E-state index contributed by atoms with van der Waals surface area (Å²) < 4.78 is 5.18. The Balaban J connectivity index is 2.19. The molecule has 0 aliphatic rings. The van der Waals surface area contributed by atoms with Crippen molar-refractivity contribution in [3.05, 3.63) is 59.7 Å². The second kappa shape index (κ2) is 8.00. The zero-order chi connectivity index (χ0) is 18.4. The number of rotatable bonds is 5. The van der Waals surface area contributed by atoms with E-state index in [1.807, 2.05) is 18.2 Å². The monoisotopic (exact) mass is 353 g/mol. The molecule has 0 bridgehead atoms. The van der Waals surface area contributed by atoms with Gasteiger partial charge in [0.05, 0.1) is 11.1 Å². The standard InChI is InChI=1S/C20H19NO3S/c1-20(2,3)18(22)13-24-19(23)15-9-5-7-11-17(15)25-16-10-6-4-8-14(16)12-21/h4-11H,13H2,1-3H3. The second-order valence-electron chi connectivity index (χ2n) is 6.46. The molecule has 0 unspecified atom stereocenters. The average Bonchev–Trinajstić information content (AvgIpc) is 2.59. The van der Waals surface area contributed by atoms with Crippen LogP contribution in [0.5, 0.6) is 0 Å². The van der Waals surface area contributed by atoms with Crippen LogP contribution in [0.1, 0.15) is 36.7 Å². The molecule has 0 aliphatic heterocycles. The fraction of sp³-hybridized carbons (Fsp3) is 0.250. The first kappa shape index (κ1) is 18.8. The maximum Gasteiger partial charge on any atom is 0.339 e. The number of nitrogens with zero attached hydrogens (tertiary/aromatic N) is 1. The van der Waals surface area contributed by atoms with Gasteiger partial charge < -0.3 is 4.74 Å². The topological polar surface area (TPSA) is 67.2 Å². The van der Waals surface area contributed by atoms with E-state index in [0.717, 1.165) is 4.90 Å². The summed E-state index contributed by atoms with van der Waals surface area (Å²) in [6.07, 6.45) is 0. The van der Waals surface area contributed by atoms with Crippen molar-refractivity contribution in [1.29, 1.82) is 5.26 Å². The number of hydrogen-bond donors (Lipinski definition) is 0. The molecule has 0 N–H and O–H groups in total. The molecule has 0 fully saturated rings. The minimum atomic E-state index is -0.555. The molecule has 0 saturated heterocycles. The van der Waals surface area contributed by atoms with Crippen LogP contribution < -0.4 is 0 Å².